The first kappa shape index (κ1) is 91.5. The van der Waals surface area contributed by atoms with Crippen molar-refractivity contribution in [2.45, 2.75) is 243 Å². The molecule has 0 aliphatic carbocycles. The van der Waals surface area contributed by atoms with E-state index >= 15 is 0 Å². The van der Waals surface area contributed by atoms with Crippen molar-refractivity contribution in [2.24, 2.45) is 60.1 Å². The van der Waals surface area contributed by atoms with Crippen LogP contribution in [-0.4, -0.2) is 187 Å². The summed E-state index contributed by atoms with van der Waals surface area (Å²) in [6.07, 6.45) is 3.91. The van der Waals surface area contributed by atoms with Gasteiger partial charge >= 0.3 is 0 Å². The van der Waals surface area contributed by atoms with Crippen molar-refractivity contribution >= 4 is 59.1 Å². The Morgan fingerprint density at radius 1 is 0.394 bits per heavy atom. The van der Waals surface area contributed by atoms with Gasteiger partial charge in [-0.1, -0.05) is 159 Å². The van der Waals surface area contributed by atoms with Crippen LogP contribution >= 0.6 is 0 Å². The second-order valence-electron chi connectivity index (χ2n) is 36.5. The van der Waals surface area contributed by atoms with Crippen molar-refractivity contribution in [3.05, 3.63) is 12.2 Å². The molecule has 0 saturated carbocycles. The molecule has 0 radical (unpaired) electrons. The Bertz CT molecular complexity index is 2640. The Hall–Kier alpha value is -5.56. The molecule has 10 amide bonds. The zero-order chi connectivity index (χ0) is 76.2. The zero-order valence-corrected chi connectivity index (χ0v) is 66.0. The maximum atomic E-state index is 14.2. The highest BCUT2D eigenvalue weighted by atomic mass is 16.5. The molecule has 0 bridgehead atoms. The highest BCUT2D eigenvalue weighted by Crippen LogP contribution is 2.32. The molecule has 0 aromatic rings. The molecule has 99 heavy (non-hydrogen) atoms. The van der Waals surface area contributed by atoms with Crippen LogP contribution in [0.25, 0.3) is 0 Å². The van der Waals surface area contributed by atoms with Gasteiger partial charge < -0.3 is 66.2 Å². The van der Waals surface area contributed by atoms with Gasteiger partial charge in [-0.25, -0.2) is 0 Å². The number of ether oxygens (including phenoxy) is 5. The van der Waals surface area contributed by atoms with Gasteiger partial charge in [0, 0.05) is 135 Å². The smallest absolute Gasteiger partial charge is 0.253 e. The number of hydrogen-bond donors (Lipinski definition) is 8. The highest BCUT2D eigenvalue weighted by molar-refractivity contribution is 6.13. The maximum Gasteiger partial charge on any atom is 0.253 e. The Balaban J connectivity index is 2.94. The highest BCUT2D eigenvalue weighted by Gasteiger charge is 2.35. The van der Waals surface area contributed by atoms with Crippen LogP contribution in [0, 0.1) is 60.1 Å². The van der Waals surface area contributed by atoms with Gasteiger partial charge in [-0.3, -0.25) is 52.8 Å². The fourth-order valence-corrected chi connectivity index (χ4v) is 9.86. The van der Waals surface area contributed by atoms with Crippen LogP contribution in [0.1, 0.15) is 224 Å². The third-order valence-corrected chi connectivity index (χ3v) is 16.7. The predicted octanol–water partition coefficient (Wildman–Crippen LogP) is 8.13. The van der Waals surface area contributed by atoms with Gasteiger partial charge in [-0.05, 0) is 54.8 Å². The molecule has 1 rings (SSSR count). The average Bonchev–Trinajstić information content (AvgIpc) is 1.19. The van der Waals surface area contributed by atoms with E-state index in [9.17, 15) is 47.9 Å². The minimum absolute atomic E-state index is 0.00247. The molecule has 572 valence electrons. The summed E-state index contributed by atoms with van der Waals surface area (Å²) in [6, 6.07) is -1.09. The molecular formula is C75H137N9O15. The topological polar surface area (TPSA) is 316 Å². The predicted molar refractivity (Wildman–Crippen MR) is 387 cm³/mol. The van der Waals surface area contributed by atoms with Crippen LogP contribution in [0.5, 0.6) is 0 Å². The quantitative estimate of drug-likeness (QED) is 0.0267. The second-order valence-corrected chi connectivity index (χ2v) is 36.5. The number of nitrogens with zero attached hydrogens (tertiary/aromatic N) is 1. The first-order chi connectivity index (χ1) is 45.1. The van der Waals surface area contributed by atoms with Crippen LogP contribution in [0.3, 0.4) is 0 Å². The van der Waals surface area contributed by atoms with Crippen molar-refractivity contribution in [1.29, 1.82) is 0 Å². The molecule has 3 atom stereocenters. The fourth-order valence-electron chi connectivity index (χ4n) is 9.86. The summed E-state index contributed by atoms with van der Waals surface area (Å²) in [7, 11) is 0. The molecule has 8 N–H and O–H groups in total. The lowest BCUT2D eigenvalue weighted by atomic mass is 9.79. The normalized spacial score (nSPS) is 14.7. The SMILES string of the molecule is CC(CNC(=O)C(C)C)OCC(C)(C)CNC(=O)CC(C)(C)COCC(C)(C)CNC(=O)CC[C@H](NC(=O)CC(C)(C)COCC(C)(C)CNC(=O)CCN1C(=O)C=CC1=O)C(=O)NCC(C)(C)COCC(C)(C)CC(=O)NCC(C)(C)COC(C)CNC(=O)C(C)(C)CCC(C)(C)C. The van der Waals surface area contributed by atoms with Crippen molar-refractivity contribution in [3.8, 4) is 0 Å². The van der Waals surface area contributed by atoms with Crippen molar-refractivity contribution in [3.63, 3.8) is 0 Å². The molecule has 24 heteroatoms. The molecule has 0 aromatic carbocycles. The van der Waals surface area contributed by atoms with E-state index in [1.807, 2.05) is 152 Å². The third kappa shape index (κ3) is 42.5. The van der Waals surface area contributed by atoms with Crippen molar-refractivity contribution in [1.82, 2.24) is 47.4 Å². The van der Waals surface area contributed by atoms with Gasteiger partial charge in [-0.2, -0.15) is 0 Å². The van der Waals surface area contributed by atoms with Crippen LogP contribution < -0.4 is 42.5 Å². The first-order valence-corrected chi connectivity index (χ1v) is 35.8. The van der Waals surface area contributed by atoms with E-state index in [2.05, 4.69) is 63.3 Å². The van der Waals surface area contributed by atoms with Gasteiger partial charge in [0.15, 0.2) is 0 Å². The Morgan fingerprint density at radius 2 is 0.737 bits per heavy atom. The number of carbonyl (C=O) groups is 10. The van der Waals surface area contributed by atoms with E-state index in [1.165, 1.54) is 12.2 Å². The lowest BCUT2D eigenvalue weighted by Gasteiger charge is -2.31. The van der Waals surface area contributed by atoms with E-state index in [0.717, 1.165) is 17.7 Å². The molecule has 0 fully saturated rings. The lowest BCUT2D eigenvalue weighted by Crippen LogP contribution is -2.50. The number of nitrogens with one attached hydrogen (secondary N) is 8. The molecule has 0 aromatic heterocycles. The van der Waals surface area contributed by atoms with Crippen LogP contribution in [-0.2, 0) is 71.6 Å². The van der Waals surface area contributed by atoms with E-state index in [0.29, 0.717) is 39.4 Å². The van der Waals surface area contributed by atoms with Crippen LogP contribution in [0.2, 0.25) is 0 Å². The van der Waals surface area contributed by atoms with Crippen molar-refractivity contribution < 1.29 is 71.6 Å². The molecule has 1 heterocycles. The summed E-state index contributed by atoms with van der Waals surface area (Å²) >= 11 is 0. The monoisotopic (exact) mass is 1400 g/mol. The number of hydrogen-bond acceptors (Lipinski definition) is 15. The summed E-state index contributed by atoms with van der Waals surface area (Å²) in [4.78, 5) is 131. The summed E-state index contributed by atoms with van der Waals surface area (Å²) in [5.41, 5.74) is -4.46. The van der Waals surface area contributed by atoms with Gasteiger partial charge in [0.05, 0.1) is 65.1 Å². The zero-order valence-electron chi connectivity index (χ0n) is 66.0. The molecular weight excluding hydrogens is 1270 g/mol. The summed E-state index contributed by atoms with van der Waals surface area (Å²) < 4.78 is 30.6. The molecule has 1 aliphatic rings. The third-order valence-electron chi connectivity index (χ3n) is 16.7. The fraction of sp³-hybridized carbons (Fsp3) is 0.840. The number of amides is 10. The number of carbonyl (C=O) groups excluding carboxylic acids is 10. The maximum absolute atomic E-state index is 14.2. The van der Waals surface area contributed by atoms with E-state index in [4.69, 9.17) is 23.7 Å². The molecule has 0 spiro atoms. The lowest BCUT2D eigenvalue weighted by molar-refractivity contribution is -0.137. The average molecular weight is 1400 g/mol. The number of rotatable bonds is 50. The van der Waals surface area contributed by atoms with E-state index in [-0.39, 0.29) is 174 Å². The summed E-state index contributed by atoms with van der Waals surface area (Å²) in [5, 5.41) is 23.8. The Morgan fingerprint density at radius 3 is 1.13 bits per heavy atom. The number of imide groups is 1. The molecule has 1 aliphatic heterocycles. The Kier molecular flexibility index (Phi) is 37.3. The largest absolute Gasteiger partial charge is 0.380 e. The van der Waals surface area contributed by atoms with Gasteiger partial charge in [0.25, 0.3) is 11.8 Å². The minimum atomic E-state index is -1.09. The summed E-state index contributed by atoms with van der Waals surface area (Å²) in [6.45, 7) is 53.6. The van der Waals surface area contributed by atoms with Gasteiger partial charge in [0.1, 0.15) is 6.04 Å². The molecule has 0 saturated heterocycles. The summed E-state index contributed by atoms with van der Waals surface area (Å²) in [5.74, 6) is -2.85. The van der Waals surface area contributed by atoms with E-state index < -0.39 is 67.6 Å². The second kappa shape index (κ2) is 40.3. The van der Waals surface area contributed by atoms with Crippen LogP contribution in [0.15, 0.2) is 12.2 Å². The first-order valence-electron chi connectivity index (χ1n) is 35.8. The van der Waals surface area contributed by atoms with E-state index in [1.54, 1.807) is 0 Å². The minimum Gasteiger partial charge on any atom is -0.380 e. The molecule has 2 unspecified atom stereocenters. The molecule has 24 nitrogen and oxygen atoms in total. The van der Waals surface area contributed by atoms with Gasteiger partial charge in [-0.15, -0.1) is 0 Å². The Labute approximate surface area is 595 Å². The van der Waals surface area contributed by atoms with Crippen LogP contribution in [0.4, 0.5) is 0 Å². The van der Waals surface area contributed by atoms with Gasteiger partial charge in [0.2, 0.25) is 47.3 Å². The van der Waals surface area contributed by atoms with Crippen molar-refractivity contribution in [2.75, 3.05) is 105 Å². The standard InChI is InChI=1S/C75H137N9O15/c1-52(2)63(92)76-37-53(3)98-50-73(20,21)41-80-58(87)34-67(8,9)44-95-47-70(14,15)39-78-56(85)27-26-55(83-60(89)36-69(12,13)46-97-48-71(16,17)40-79-57(86)30-33-84-61(90)28-29-62(84)91)64(93)82-43-72(18,19)49-96-45-68(10,11)35-59(88)81-42-74(22,23)51-99-54(4)38-77-65(94)75(24,25)32-31-66(5,6)7/h28-29,52-55H,26-27,30-51H2,1-25H3,(H,76,92)(H,77,94)(H,78,85)(H,79,86)(H,80,87)(H,81,88)(H,82,93)(H,83,89)/t53?,54?,55-/m0/s1.